The quantitative estimate of drug-likeness (QED) is 0.770. The highest BCUT2D eigenvalue weighted by Crippen LogP contribution is 2.27. The van der Waals surface area contributed by atoms with Crippen molar-refractivity contribution < 1.29 is 0 Å². The zero-order chi connectivity index (χ0) is 12.3. The van der Waals surface area contributed by atoms with Gasteiger partial charge < -0.3 is 4.90 Å². The fraction of sp³-hybridized carbons (Fsp3) is 0.692. The summed E-state index contributed by atoms with van der Waals surface area (Å²) in [4.78, 5) is 11.3. The first-order valence-electron chi connectivity index (χ1n) is 6.54. The van der Waals surface area contributed by atoms with Crippen molar-refractivity contribution in [3.63, 3.8) is 0 Å². The summed E-state index contributed by atoms with van der Waals surface area (Å²) in [6.07, 6.45) is 5.64. The van der Waals surface area contributed by atoms with Gasteiger partial charge in [-0.25, -0.2) is 9.97 Å². The van der Waals surface area contributed by atoms with Crippen LogP contribution in [0, 0.1) is 0 Å². The first-order valence-corrected chi connectivity index (χ1v) is 6.92. The van der Waals surface area contributed by atoms with Gasteiger partial charge >= 0.3 is 0 Å². The average molecular weight is 254 g/mol. The SMILES string of the molecule is CCCc1nc(Cl)cc(N2CCCC2CC)n1. The molecule has 3 nitrogen and oxygen atoms in total. The van der Waals surface area contributed by atoms with Crippen LogP contribution in [0.25, 0.3) is 0 Å². The molecule has 0 aliphatic carbocycles. The van der Waals surface area contributed by atoms with E-state index in [-0.39, 0.29) is 0 Å². The summed E-state index contributed by atoms with van der Waals surface area (Å²) in [5, 5.41) is 0.570. The van der Waals surface area contributed by atoms with Crippen molar-refractivity contribution in [2.45, 2.75) is 52.0 Å². The van der Waals surface area contributed by atoms with Gasteiger partial charge in [-0.1, -0.05) is 25.4 Å². The third kappa shape index (κ3) is 2.89. The molecule has 17 heavy (non-hydrogen) atoms. The van der Waals surface area contributed by atoms with Gasteiger partial charge in [0, 0.05) is 25.1 Å². The second-order valence-corrected chi connectivity index (χ2v) is 5.00. The molecule has 1 aliphatic rings. The van der Waals surface area contributed by atoms with Gasteiger partial charge in [0.15, 0.2) is 0 Å². The Bertz CT molecular complexity index is 381. The Kier molecular flexibility index (Phi) is 4.21. The molecule has 1 aromatic rings. The molecule has 0 saturated carbocycles. The Morgan fingerprint density at radius 3 is 2.94 bits per heavy atom. The van der Waals surface area contributed by atoms with E-state index in [2.05, 4.69) is 28.7 Å². The van der Waals surface area contributed by atoms with Crippen LogP contribution in [0.3, 0.4) is 0 Å². The maximum Gasteiger partial charge on any atom is 0.134 e. The van der Waals surface area contributed by atoms with Crippen LogP contribution in [0.15, 0.2) is 6.07 Å². The highest BCUT2D eigenvalue weighted by atomic mass is 35.5. The molecule has 1 fully saturated rings. The van der Waals surface area contributed by atoms with Crippen molar-refractivity contribution in [3.8, 4) is 0 Å². The number of nitrogens with zero attached hydrogens (tertiary/aromatic N) is 3. The molecule has 4 heteroatoms. The minimum absolute atomic E-state index is 0.570. The normalized spacial score (nSPS) is 19.9. The molecule has 1 atom stereocenters. The summed E-state index contributed by atoms with van der Waals surface area (Å²) in [5.41, 5.74) is 0. The smallest absolute Gasteiger partial charge is 0.134 e. The maximum atomic E-state index is 6.08. The monoisotopic (exact) mass is 253 g/mol. The number of anilines is 1. The summed E-state index contributed by atoms with van der Waals surface area (Å²) >= 11 is 6.08. The van der Waals surface area contributed by atoms with Gasteiger partial charge in [-0.2, -0.15) is 0 Å². The van der Waals surface area contributed by atoms with Crippen LogP contribution in [0.1, 0.15) is 45.4 Å². The third-order valence-corrected chi connectivity index (χ3v) is 3.54. The molecule has 94 valence electrons. The molecule has 0 aromatic carbocycles. The molecular formula is C13H20ClN3. The van der Waals surface area contributed by atoms with Gasteiger partial charge in [-0.3, -0.25) is 0 Å². The summed E-state index contributed by atoms with van der Waals surface area (Å²) in [5.74, 6) is 1.88. The number of hydrogen-bond donors (Lipinski definition) is 0. The van der Waals surface area contributed by atoms with Gasteiger partial charge in [0.2, 0.25) is 0 Å². The number of halogens is 1. The molecule has 1 aromatic heterocycles. The zero-order valence-corrected chi connectivity index (χ0v) is 11.4. The molecule has 1 aliphatic heterocycles. The minimum Gasteiger partial charge on any atom is -0.353 e. The lowest BCUT2D eigenvalue weighted by atomic mass is 10.2. The highest BCUT2D eigenvalue weighted by Gasteiger charge is 2.24. The second kappa shape index (κ2) is 5.67. The molecule has 0 bridgehead atoms. The van der Waals surface area contributed by atoms with E-state index in [1.165, 1.54) is 19.3 Å². The van der Waals surface area contributed by atoms with Gasteiger partial charge in [-0.05, 0) is 25.7 Å². The van der Waals surface area contributed by atoms with E-state index in [4.69, 9.17) is 11.6 Å². The van der Waals surface area contributed by atoms with Crippen LogP contribution in [-0.4, -0.2) is 22.6 Å². The summed E-state index contributed by atoms with van der Waals surface area (Å²) < 4.78 is 0. The molecule has 1 unspecified atom stereocenters. The van der Waals surface area contributed by atoms with Gasteiger partial charge in [-0.15, -0.1) is 0 Å². The van der Waals surface area contributed by atoms with E-state index in [9.17, 15) is 0 Å². The largest absolute Gasteiger partial charge is 0.353 e. The molecule has 0 spiro atoms. The predicted octanol–water partition coefficient (Wildman–Crippen LogP) is 3.46. The van der Waals surface area contributed by atoms with Crippen LogP contribution < -0.4 is 4.90 Å². The first-order chi connectivity index (χ1) is 8.24. The molecule has 0 radical (unpaired) electrons. The minimum atomic E-state index is 0.570. The predicted molar refractivity (Wildman–Crippen MR) is 71.7 cm³/mol. The van der Waals surface area contributed by atoms with Gasteiger partial charge in [0.05, 0.1) is 0 Å². The molecule has 0 amide bonds. The third-order valence-electron chi connectivity index (χ3n) is 3.34. The van der Waals surface area contributed by atoms with Crippen molar-refractivity contribution in [2.24, 2.45) is 0 Å². The van der Waals surface area contributed by atoms with E-state index >= 15 is 0 Å². The standard InChI is InChI=1S/C13H20ClN3/c1-3-6-12-15-11(14)9-13(16-12)17-8-5-7-10(17)4-2/h9-10H,3-8H2,1-2H3. The van der Waals surface area contributed by atoms with Crippen molar-refractivity contribution in [2.75, 3.05) is 11.4 Å². The van der Waals surface area contributed by atoms with Crippen LogP contribution in [0.4, 0.5) is 5.82 Å². The molecule has 2 rings (SSSR count). The highest BCUT2D eigenvalue weighted by molar-refractivity contribution is 6.29. The lowest BCUT2D eigenvalue weighted by molar-refractivity contribution is 0.638. The van der Waals surface area contributed by atoms with Crippen molar-refractivity contribution >= 4 is 17.4 Å². The lowest BCUT2D eigenvalue weighted by Crippen LogP contribution is -2.29. The molecule has 2 heterocycles. The summed E-state index contributed by atoms with van der Waals surface area (Å²) in [6.45, 7) is 5.46. The Morgan fingerprint density at radius 2 is 2.24 bits per heavy atom. The maximum absolute atomic E-state index is 6.08. The van der Waals surface area contributed by atoms with E-state index in [1.54, 1.807) is 0 Å². The first kappa shape index (κ1) is 12.6. The van der Waals surface area contributed by atoms with Crippen molar-refractivity contribution in [3.05, 3.63) is 17.0 Å². The zero-order valence-electron chi connectivity index (χ0n) is 10.6. The van der Waals surface area contributed by atoms with Crippen LogP contribution in [0.2, 0.25) is 5.15 Å². The number of rotatable bonds is 4. The van der Waals surface area contributed by atoms with E-state index in [1.807, 2.05) is 6.07 Å². The van der Waals surface area contributed by atoms with Crippen LogP contribution in [0.5, 0.6) is 0 Å². The van der Waals surface area contributed by atoms with Crippen LogP contribution in [-0.2, 0) is 6.42 Å². The average Bonchev–Trinajstić information content (AvgIpc) is 2.76. The fourth-order valence-electron chi connectivity index (χ4n) is 2.50. The van der Waals surface area contributed by atoms with Gasteiger partial charge in [0.25, 0.3) is 0 Å². The Hall–Kier alpha value is -0.830. The number of aryl methyl sites for hydroxylation is 1. The lowest BCUT2D eigenvalue weighted by Gasteiger charge is -2.25. The Morgan fingerprint density at radius 1 is 1.41 bits per heavy atom. The van der Waals surface area contributed by atoms with Crippen molar-refractivity contribution in [1.82, 2.24) is 9.97 Å². The molecule has 1 saturated heterocycles. The molecule has 0 N–H and O–H groups in total. The topological polar surface area (TPSA) is 29.0 Å². The number of aromatic nitrogens is 2. The number of hydrogen-bond acceptors (Lipinski definition) is 3. The second-order valence-electron chi connectivity index (χ2n) is 4.61. The van der Waals surface area contributed by atoms with Gasteiger partial charge in [0.1, 0.15) is 16.8 Å². The molecular weight excluding hydrogens is 234 g/mol. The Balaban J connectivity index is 2.24. The Labute approximate surface area is 108 Å². The van der Waals surface area contributed by atoms with E-state index in [0.29, 0.717) is 11.2 Å². The van der Waals surface area contributed by atoms with Crippen molar-refractivity contribution in [1.29, 1.82) is 0 Å². The van der Waals surface area contributed by atoms with E-state index < -0.39 is 0 Å². The fourth-order valence-corrected chi connectivity index (χ4v) is 2.69. The van der Waals surface area contributed by atoms with E-state index in [0.717, 1.165) is 31.0 Å². The summed E-state index contributed by atoms with van der Waals surface area (Å²) in [6, 6.07) is 2.52. The summed E-state index contributed by atoms with van der Waals surface area (Å²) in [7, 11) is 0. The van der Waals surface area contributed by atoms with Crippen LogP contribution >= 0.6 is 11.6 Å².